The summed E-state index contributed by atoms with van der Waals surface area (Å²) in [5.74, 6) is 1.15. The van der Waals surface area contributed by atoms with Crippen LogP contribution >= 0.6 is 23.2 Å². The van der Waals surface area contributed by atoms with E-state index in [1.54, 1.807) is 6.20 Å². The monoisotopic (exact) mass is 377 g/mol. The lowest BCUT2D eigenvalue weighted by atomic mass is 9.66. The van der Waals surface area contributed by atoms with Gasteiger partial charge in [-0.3, -0.25) is 4.79 Å². The van der Waals surface area contributed by atoms with Crippen LogP contribution < -0.4 is 10.2 Å². The molecule has 2 saturated heterocycles. The molecule has 2 unspecified atom stereocenters. The molecule has 1 aliphatic carbocycles. The molecule has 0 spiro atoms. The lowest BCUT2D eigenvalue weighted by Gasteiger charge is -2.54. The summed E-state index contributed by atoms with van der Waals surface area (Å²) in [5, 5.41) is 13.5. The van der Waals surface area contributed by atoms with Crippen LogP contribution in [0.15, 0.2) is 36.5 Å². The zero-order chi connectivity index (χ0) is 17.6. The lowest BCUT2D eigenvalue weighted by Crippen LogP contribution is -2.64. The molecule has 3 aliphatic rings. The summed E-state index contributed by atoms with van der Waals surface area (Å²) in [5.41, 5.74) is 0.115. The maximum atomic E-state index is 12.5. The molecule has 3 fully saturated rings. The van der Waals surface area contributed by atoms with Crippen LogP contribution in [0.25, 0.3) is 0 Å². The summed E-state index contributed by atoms with van der Waals surface area (Å²) in [4.78, 5) is 19.2. The number of carbonyl (C=O) groups excluding carboxylic acids is 1. The zero-order valence-electron chi connectivity index (χ0n) is 13.3. The average Bonchev–Trinajstić information content (AvgIpc) is 2.63. The first-order valence-electron chi connectivity index (χ1n) is 8.18. The SMILES string of the molecule is O=C(NC1C2CC1CN(c1ccccn1)C2)c1cc(Cl)cc(Cl)c1O. The zero-order valence-corrected chi connectivity index (χ0v) is 14.8. The van der Waals surface area contributed by atoms with E-state index in [0.717, 1.165) is 25.3 Å². The number of hydrogen-bond acceptors (Lipinski definition) is 4. The van der Waals surface area contributed by atoms with Crippen LogP contribution in [0.5, 0.6) is 5.75 Å². The highest BCUT2D eigenvalue weighted by Crippen LogP contribution is 2.41. The number of aromatic nitrogens is 1. The van der Waals surface area contributed by atoms with Gasteiger partial charge in [-0.25, -0.2) is 4.98 Å². The molecule has 2 N–H and O–H groups in total. The number of aromatic hydroxyl groups is 1. The number of carbonyl (C=O) groups is 1. The summed E-state index contributed by atoms with van der Waals surface area (Å²) in [6, 6.07) is 8.84. The Kier molecular flexibility index (Phi) is 4.21. The Labute approximate surface area is 155 Å². The number of pyridine rings is 1. The van der Waals surface area contributed by atoms with Gasteiger partial charge in [-0.05, 0) is 42.5 Å². The van der Waals surface area contributed by atoms with Gasteiger partial charge in [0, 0.05) is 30.4 Å². The Bertz CT molecular complexity index is 803. The van der Waals surface area contributed by atoms with Crippen LogP contribution in [0, 0.1) is 11.8 Å². The standard InChI is InChI=1S/C18H17Cl2N3O2/c19-12-6-13(17(24)14(20)7-12)18(25)22-16-10-5-11(16)9-23(8-10)15-3-1-2-4-21-15/h1-4,6-7,10-11,16,24H,5,8-9H2,(H,22,25). The van der Waals surface area contributed by atoms with E-state index in [0.29, 0.717) is 16.9 Å². The van der Waals surface area contributed by atoms with Gasteiger partial charge >= 0.3 is 0 Å². The third-order valence-corrected chi connectivity index (χ3v) is 5.58. The quantitative estimate of drug-likeness (QED) is 0.860. The fraction of sp³-hybridized carbons (Fsp3) is 0.333. The summed E-state index contributed by atoms with van der Waals surface area (Å²) in [7, 11) is 0. The summed E-state index contributed by atoms with van der Waals surface area (Å²) in [6.07, 6.45) is 2.89. The molecule has 25 heavy (non-hydrogen) atoms. The molecule has 130 valence electrons. The Hall–Kier alpha value is -1.98. The minimum Gasteiger partial charge on any atom is -0.506 e. The first kappa shape index (κ1) is 16.5. The van der Waals surface area contributed by atoms with E-state index in [1.165, 1.54) is 12.1 Å². The van der Waals surface area contributed by atoms with Crippen LogP contribution in [-0.4, -0.2) is 35.1 Å². The maximum Gasteiger partial charge on any atom is 0.255 e. The van der Waals surface area contributed by atoms with E-state index in [-0.39, 0.29) is 28.3 Å². The fourth-order valence-electron chi connectivity index (χ4n) is 3.82. The van der Waals surface area contributed by atoms with Gasteiger partial charge in [0.2, 0.25) is 0 Å². The van der Waals surface area contributed by atoms with Gasteiger partial charge in [-0.15, -0.1) is 0 Å². The highest BCUT2D eigenvalue weighted by molar-refractivity contribution is 6.36. The molecule has 1 amide bonds. The van der Waals surface area contributed by atoms with Crippen molar-refractivity contribution in [2.45, 2.75) is 12.5 Å². The van der Waals surface area contributed by atoms with Gasteiger partial charge < -0.3 is 15.3 Å². The number of phenolic OH excluding ortho intramolecular Hbond substituents is 1. The molecule has 5 rings (SSSR count). The second kappa shape index (κ2) is 6.39. The fourth-order valence-corrected chi connectivity index (χ4v) is 4.31. The largest absolute Gasteiger partial charge is 0.506 e. The van der Waals surface area contributed by atoms with Crippen molar-refractivity contribution in [3.63, 3.8) is 0 Å². The predicted octanol–water partition coefficient (Wildman–Crippen LogP) is 3.35. The van der Waals surface area contributed by atoms with Crippen molar-refractivity contribution in [2.75, 3.05) is 18.0 Å². The van der Waals surface area contributed by atoms with Crippen molar-refractivity contribution < 1.29 is 9.90 Å². The van der Waals surface area contributed by atoms with Gasteiger partial charge in [0.25, 0.3) is 5.91 Å². The van der Waals surface area contributed by atoms with Gasteiger partial charge in [0.05, 0.1) is 10.6 Å². The van der Waals surface area contributed by atoms with E-state index in [1.807, 2.05) is 18.2 Å². The minimum absolute atomic E-state index is 0.0766. The number of rotatable bonds is 3. The number of nitrogens with one attached hydrogen (secondary N) is 1. The molecule has 1 aromatic heterocycles. The number of phenols is 1. The van der Waals surface area contributed by atoms with E-state index >= 15 is 0 Å². The molecule has 5 nitrogen and oxygen atoms in total. The number of hydrogen-bond donors (Lipinski definition) is 2. The average molecular weight is 378 g/mol. The van der Waals surface area contributed by atoms with Crippen molar-refractivity contribution in [3.8, 4) is 5.75 Å². The molecule has 1 saturated carbocycles. The molecule has 1 aromatic carbocycles. The topological polar surface area (TPSA) is 65.5 Å². The Balaban J connectivity index is 1.45. The van der Waals surface area contributed by atoms with Gasteiger partial charge in [-0.2, -0.15) is 0 Å². The minimum atomic E-state index is -0.340. The first-order chi connectivity index (χ1) is 12.0. The number of nitrogens with zero attached hydrogens (tertiary/aromatic N) is 2. The van der Waals surface area contributed by atoms with E-state index in [9.17, 15) is 9.90 Å². The highest BCUT2D eigenvalue weighted by Gasteiger charge is 2.47. The normalized spacial score (nSPS) is 24.6. The first-order valence-corrected chi connectivity index (χ1v) is 8.93. The summed E-state index contributed by atoms with van der Waals surface area (Å²) < 4.78 is 0. The molecule has 0 radical (unpaired) electrons. The molecular weight excluding hydrogens is 361 g/mol. The molecule has 3 heterocycles. The smallest absolute Gasteiger partial charge is 0.255 e. The van der Waals surface area contributed by atoms with Crippen LogP contribution in [0.1, 0.15) is 16.8 Å². The number of amides is 1. The van der Waals surface area contributed by atoms with Crippen molar-refractivity contribution in [2.24, 2.45) is 11.8 Å². The van der Waals surface area contributed by atoms with Crippen molar-refractivity contribution in [1.82, 2.24) is 10.3 Å². The van der Waals surface area contributed by atoms with Crippen molar-refractivity contribution in [1.29, 1.82) is 0 Å². The maximum absolute atomic E-state index is 12.5. The third kappa shape index (κ3) is 3.02. The predicted molar refractivity (Wildman–Crippen MR) is 97.4 cm³/mol. The van der Waals surface area contributed by atoms with Crippen LogP contribution in [0.4, 0.5) is 5.82 Å². The molecule has 2 aromatic rings. The van der Waals surface area contributed by atoms with Gasteiger partial charge in [0.1, 0.15) is 11.6 Å². The van der Waals surface area contributed by atoms with Crippen LogP contribution in [-0.2, 0) is 0 Å². The second-order valence-electron chi connectivity index (χ2n) is 6.63. The Morgan fingerprint density at radius 2 is 2.00 bits per heavy atom. The van der Waals surface area contributed by atoms with Crippen molar-refractivity contribution in [3.05, 3.63) is 52.1 Å². The number of fused-ring (bicyclic) bond motifs is 2. The lowest BCUT2D eigenvalue weighted by molar-refractivity contribution is 0.0638. The number of benzene rings is 1. The number of anilines is 1. The third-order valence-electron chi connectivity index (χ3n) is 5.07. The summed E-state index contributed by atoms with van der Waals surface area (Å²) >= 11 is 11.8. The molecular formula is C18H17Cl2N3O2. The Morgan fingerprint density at radius 1 is 1.24 bits per heavy atom. The Morgan fingerprint density at radius 3 is 2.68 bits per heavy atom. The van der Waals surface area contributed by atoms with Crippen LogP contribution in [0.3, 0.4) is 0 Å². The summed E-state index contributed by atoms with van der Waals surface area (Å²) in [6.45, 7) is 1.72. The number of halogens is 2. The van der Waals surface area contributed by atoms with E-state index < -0.39 is 0 Å². The molecule has 2 bridgehead atoms. The van der Waals surface area contributed by atoms with Crippen LogP contribution in [0.2, 0.25) is 10.0 Å². The number of piperidine rings is 2. The highest BCUT2D eigenvalue weighted by atomic mass is 35.5. The van der Waals surface area contributed by atoms with Gasteiger partial charge in [-0.1, -0.05) is 29.3 Å². The molecule has 2 atom stereocenters. The second-order valence-corrected chi connectivity index (χ2v) is 7.48. The van der Waals surface area contributed by atoms with Crippen molar-refractivity contribution >= 4 is 34.9 Å². The van der Waals surface area contributed by atoms with E-state index in [4.69, 9.17) is 23.2 Å². The van der Waals surface area contributed by atoms with E-state index in [2.05, 4.69) is 15.2 Å². The molecule has 2 aliphatic heterocycles. The van der Waals surface area contributed by atoms with Gasteiger partial charge in [0.15, 0.2) is 0 Å². The molecule has 7 heteroatoms.